The molecule has 2 rings (SSSR count). The van der Waals surface area contributed by atoms with Gasteiger partial charge in [0.1, 0.15) is 12.7 Å². The molecular weight excluding hydrogens is 174 g/mol. The second kappa shape index (κ2) is 3.18. The minimum atomic E-state index is -0.734. The van der Waals surface area contributed by atoms with Gasteiger partial charge in [0, 0.05) is 20.8 Å². The van der Waals surface area contributed by atoms with Gasteiger partial charge in [-0.1, -0.05) is 0 Å². The van der Waals surface area contributed by atoms with Gasteiger partial charge in [-0.2, -0.15) is 0 Å². The molecular formula is C8H15NO4. The SMILES string of the molecule is COC1(OC)CO[C@@H]2C(O)CN[C@@H]21. The zero-order valence-electron chi connectivity index (χ0n) is 7.82. The molecule has 2 N–H and O–H groups in total. The Bertz CT molecular complexity index is 195. The van der Waals surface area contributed by atoms with Crippen LogP contribution in [0.3, 0.4) is 0 Å². The summed E-state index contributed by atoms with van der Waals surface area (Å²) in [6.45, 7) is 0.892. The lowest BCUT2D eigenvalue weighted by Crippen LogP contribution is -2.51. The predicted octanol–water partition coefficient (Wildman–Crippen LogP) is -1.29. The van der Waals surface area contributed by atoms with Crippen molar-refractivity contribution in [1.82, 2.24) is 5.32 Å². The number of hydrogen-bond acceptors (Lipinski definition) is 5. The van der Waals surface area contributed by atoms with Crippen LogP contribution in [0, 0.1) is 0 Å². The number of hydrogen-bond donors (Lipinski definition) is 2. The Kier molecular flexibility index (Phi) is 2.29. The average molecular weight is 189 g/mol. The van der Waals surface area contributed by atoms with Gasteiger partial charge in [0.05, 0.1) is 12.1 Å². The lowest BCUT2D eigenvalue weighted by atomic mass is 10.1. The van der Waals surface area contributed by atoms with Crippen molar-refractivity contribution in [2.75, 3.05) is 27.4 Å². The van der Waals surface area contributed by atoms with E-state index in [-0.39, 0.29) is 12.1 Å². The van der Waals surface area contributed by atoms with Gasteiger partial charge in [0.25, 0.3) is 0 Å². The van der Waals surface area contributed by atoms with Crippen LogP contribution in [-0.4, -0.2) is 56.5 Å². The van der Waals surface area contributed by atoms with E-state index in [1.165, 1.54) is 0 Å². The van der Waals surface area contributed by atoms with Gasteiger partial charge in [-0.25, -0.2) is 0 Å². The largest absolute Gasteiger partial charge is 0.389 e. The molecule has 13 heavy (non-hydrogen) atoms. The van der Waals surface area contributed by atoms with Crippen LogP contribution in [0.25, 0.3) is 0 Å². The molecule has 2 aliphatic rings. The Morgan fingerprint density at radius 2 is 2.15 bits per heavy atom. The van der Waals surface area contributed by atoms with Gasteiger partial charge in [-0.15, -0.1) is 0 Å². The van der Waals surface area contributed by atoms with Crippen LogP contribution in [0.1, 0.15) is 0 Å². The summed E-state index contributed by atoms with van der Waals surface area (Å²) >= 11 is 0. The maximum Gasteiger partial charge on any atom is 0.209 e. The average Bonchev–Trinajstić information content (AvgIpc) is 2.68. The van der Waals surface area contributed by atoms with Crippen molar-refractivity contribution in [2.45, 2.75) is 24.0 Å². The van der Waals surface area contributed by atoms with Crippen LogP contribution in [0.5, 0.6) is 0 Å². The number of rotatable bonds is 2. The summed E-state index contributed by atoms with van der Waals surface area (Å²) in [5.41, 5.74) is 0. The van der Waals surface area contributed by atoms with Crippen LogP contribution in [0.15, 0.2) is 0 Å². The van der Waals surface area contributed by atoms with E-state index in [1.54, 1.807) is 14.2 Å². The Morgan fingerprint density at radius 3 is 2.77 bits per heavy atom. The van der Waals surface area contributed by atoms with Crippen molar-refractivity contribution < 1.29 is 19.3 Å². The van der Waals surface area contributed by atoms with E-state index < -0.39 is 11.9 Å². The van der Waals surface area contributed by atoms with Gasteiger partial charge in [-0.3, -0.25) is 0 Å². The van der Waals surface area contributed by atoms with Crippen molar-refractivity contribution in [2.24, 2.45) is 0 Å². The maximum absolute atomic E-state index is 9.52. The van der Waals surface area contributed by atoms with Gasteiger partial charge < -0.3 is 24.6 Å². The lowest BCUT2D eigenvalue weighted by Gasteiger charge is -2.29. The molecule has 0 aromatic carbocycles. The fourth-order valence-electron chi connectivity index (χ4n) is 2.07. The van der Waals surface area contributed by atoms with Crippen molar-refractivity contribution in [3.8, 4) is 0 Å². The van der Waals surface area contributed by atoms with Gasteiger partial charge in [0.15, 0.2) is 0 Å². The highest BCUT2D eigenvalue weighted by Gasteiger charge is 2.56. The van der Waals surface area contributed by atoms with Crippen LogP contribution in [0.2, 0.25) is 0 Å². The van der Waals surface area contributed by atoms with E-state index in [1.807, 2.05) is 0 Å². The third-order valence-corrected chi connectivity index (χ3v) is 2.90. The summed E-state index contributed by atoms with van der Waals surface area (Å²) < 4.78 is 16.0. The maximum atomic E-state index is 9.52. The quantitative estimate of drug-likeness (QED) is 0.529. The topological polar surface area (TPSA) is 60.0 Å². The lowest BCUT2D eigenvalue weighted by molar-refractivity contribution is -0.213. The molecule has 0 bridgehead atoms. The molecule has 5 heteroatoms. The zero-order valence-corrected chi connectivity index (χ0v) is 7.82. The minimum absolute atomic E-state index is 0.0718. The first-order valence-corrected chi connectivity index (χ1v) is 4.37. The Balaban J connectivity index is 2.17. The molecule has 2 saturated heterocycles. The number of aliphatic hydroxyl groups is 1. The number of β-amino-alcohol motifs (C(OH)–C–C–N with tert-alkyl or cyclic N) is 1. The molecule has 0 spiro atoms. The highest BCUT2D eigenvalue weighted by molar-refractivity contribution is 5.05. The van der Waals surface area contributed by atoms with E-state index in [9.17, 15) is 5.11 Å². The summed E-state index contributed by atoms with van der Waals surface area (Å²) in [6.07, 6.45) is -0.669. The molecule has 0 amide bonds. The third-order valence-electron chi connectivity index (χ3n) is 2.90. The van der Waals surface area contributed by atoms with Crippen LogP contribution in [-0.2, 0) is 14.2 Å². The number of aliphatic hydroxyl groups excluding tert-OH is 1. The van der Waals surface area contributed by atoms with Gasteiger partial charge >= 0.3 is 0 Å². The minimum Gasteiger partial charge on any atom is -0.389 e. The number of methoxy groups -OCH3 is 2. The molecule has 0 aromatic heterocycles. The first-order valence-electron chi connectivity index (χ1n) is 4.37. The van der Waals surface area contributed by atoms with Crippen LogP contribution >= 0.6 is 0 Å². The van der Waals surface area contributed by atoms with E-state index in [2.05, 4.69) is 5.32 Å². The summed E-state index contributed by atoms with van der Waals surface area (Å²) in [4.78, 5) is 0. The monoisotopic (exact) mass is 189 g/mol. The molecule has 0 aliphatic carbocycles. The molecule has 5 nitrogen and oxygen atoms in total. The van der Waals surface area contributed by atoms with E-state index >= 15 is 0 Å². The second-order valence-electron chi connectivity index (χ2n) is 3.45. The molecule has 0 aromatic rings. The Hall–Kier alpha value is -0.200. The molecule has 2 aliphatic heterocycles. The zero-order chi connectivity index (χ0) is 9.47. The van der Waals surface area contributed by atoms with E-state index in [0.717, 1.165) is 0 Å². The standard InChI is InChI=1S/C8H15NO4/c1-11-8(12-2)4-13-6-5(10)3-9-7(6)8/h5-7,9-10H,3-4H2,1-2H3/t5?,6-,7+/m1/s1. The summed E-state index contributed by atoms with van der Waals surface area (Å²) in [6, 6.07) is -0.0718. The van der Waals surface area contributed by atoms with Crippen molar-refractivity contribution in [3.63, 3.8) is 0 Å². The Labute approximate surface area is 77.0 Å². The number of fused-ring (bicyclic) bond motifs is 1. The Morgan fingerprint density at radius 1 is 1.46 bits per heavy atom. The van der Waals surface area contributed by atoms with Gasteiger partial charge in [-0.05, 0) is 0 Å². The summed E-state index contributed by atoms with van der Waals surface area (Å²) in [5, 5.41) is 12.7. The first-order chi connectivity index (χ1) is 6.23. The predicted molar refractivity (Wildman–Crippen MR) is 44.3 cm³/mol. The van der Waals surface area contributed by atoms with Crippen LogP contribution < -0.4 is 5.32 Å². The third kappa shape index (κ3) is 1.19. The highest BCUT2D eigenvalue weighted by Crippen LogP contribution is 2.33. The second-order valence-corrected chi connectivity index (χ2v) is 3.45. The van der Waals surface area contributed by atoms with Crippen molar-refractivity contribution in [3.05, 3.63) is 0 Å². The van der Waals surface area contributed by atoms with Crippen LogP contribution in [0.4, 0.5) is 0 Å². The molecule has 1 unspecified atom stereocenters. The van der Waals surface area contributed by atoms with E-state index in [0.29, 0.717) is 13.2 Å². The fraction of sp³-hybridized carbons (Fsp3) is 1.00. The molecule has 76 valence electrons. The smallest absolute Gasteiger partial charge is 0.209 e. The summed E-state index contributed by atoms with van der Waals surface area (Å²) in [5.74, 6) is -0.734. The highest BCUT2D eigenvalue weighted by atomic mass is 16.7. The first kappa shape index (κ1) is 9.36. The van der Waals surface area contributed by atoms with Crippen molar-refractivity contribution in [1.29, 1.82) is 0 Å². The fourth-order valence-corrected chi connectivity index (χ4v) is 2.07. The number of ether oxygens (including phenoxy) is 3. The molecule has 3 atom stereocenters. The molecule has 0 radical (unpaired) electrons. The van der Waals surface area contributed by atoms with E-state index in [4.69, 9.17) is 14.2 Å². The van der Waals surface area contributed by atoms with Crippen molar-refractivity contribution >= 4 is 0 Å². The molecule has 2 fully saturated rings. The summed E-state index contributed by atoms with van der Waals surface area (Å²) in [7, 11) is 3.17. The molecule has 0 saturated carbocycles. The molecule has 2 heterocycles. The normalized spacial score (nSPS) is 42.2. The van der Waals surface area contributed by atoms with Gasteiger partial charge in [0.2, 0.25) is 5.79 Å². The number of nitrogens with one attached hydrogen (secondary N) is 1.